The average Bonchev–Trinajstić information content (AvgIpc) is 3.31. The van der Waals surface area contributed by atoms with Gasteiger partial charge in [0.2, 0.25) is 6.79 Å². The van der Waals surface area contributed by atoms with Gasteiger partial charge >= 0.3 is 0 Å². The molecule has 2 N–H and O–H groups in total. The summed E-state index contributed by atoms with van der Waals surface area (Å²) in [4.78, 5) is 0. The molecule has 1 aliphatic heterocycles. The van der Waals surface area contributed by atoms with Crippen molar-refractivity contribution < 1.29 is 14.2 Å². The highest BCUT2D eigenvalue weighted by atomic mass is 28.3. The molecular weight excluding hydrogens is 382 g/mol. The number of nitrogens with one attached hydrogen (secondary N) is 2. The maximum atomic E-state index is 5.72. The Hall–Kier alpha value is -2.77. The van der Waals surface area contributed by atoms with Crippen LogP contribution < -0.4 is 14.8 Å². The summed E-state index contributed by atoms with van der Waals surface area (Å²) in [5, 5.41) is 11.9. The van der Waals surface area contributed by atoms with Crippen LogP contribution in [0, 0.1) is 0 Å². The number of hydrogen-bond acceptors (Lipinski definition) is 5. The number of ether oxygens (including phenoxy) is 3. The van der Waals surface area contributed by atoms with E-state index in [1.165, 1.54) is 6.04 Å². The molecule has 0 saturated heterocycles. The highest BCUT2D eigenvalue weighted by molar-refractivity contribution is 6.76. The first-order valence-electron chi connectivity index (χ1n) is 9.85. The normalized spacial score (nSPS) is 13.5. The molecule has 0 saturated carbocycles. The van der Waals surface area contributed by atoms with Crippen molar-refractivity contribution in [3.8, 4) is 11.5 Å². The summed E-state index contributed by atoms with van der Waals surface area (Å²) in [7, 11) is -1.04. The van der Waals surface area contributed by atoms with E-state index in [9.17, 15) is 0 Å². The summed E-state index contributed by atoms with van der Waals surface area (Å²) in [6, 6.07) is 13.3. The standard InChI is InChI=1S/C22H27N3O3Si/c1-29(2,3)11-10-26-14-23-17-6-7-18-19(24-25-20(18)13-17)8-4-16-5-9-21-22(12-16)28-15-27-21/h4-9,12-13,23H,10-11,14-15H2,1-3H3,(H,24,25). The molecule has 0 unspecified atom stereocenters. The Kier molecular flexibility index (Phi) is 5.59. The quantitative estimate of drug-likeness (QED) is 0.305. The maximum absolute atomic E-state index is 5.72. The van der Waals surface area contributed by atoms with E-state index in [4.69, 9.17) is 14.2 Å². The van der Waals surface area contributed by atoms with Crippen LogP contribution in [0.1, 0.15) is 11.3 Å². The summed E-state index contributed by atoms with van der Waals surface area (Å²) in [5.41, 5.74) is 3.94. The molecule has 0 amide bonds. The molecular formula is C22H27N3O3Si. The number of aromatic amines is 1. The van der Waals surface area contributed by atoms with Gasteiger partial charge in [-0.3, -0.25) is 5.10 Å². The smallest absolute Gasteiger partial charge is 0.231 e. The lowest BCUT2D eigenvalue weighted by atomic mass is 10.1. The lowest BCUT2D eigenvalue weighted by molar-refractivity contribution is 0.166. The van der Waals surface area contributed by atoms with Gasteiger partial charge in [0.1, 0.15) is 6.73 Å². The molecule has 2 aromatic carbocycles. The summed E-state index contributed by atoms with van der Waals surface area (Å²) in [6.45, 7) is 8.68. The second-order valence-corrected chi connectivity index (χ2v) is 14.0. The van der Waals surface area contributed by atoms with E-state index >= 15 is 0 Å². The number of hydrogen-bond donors (Lipinski definition) is 2. The van der Waals surface area contributed by atoms with Crippen molar-refractivity contribution in [2.24, 2.45) is 0 Å². The predicted octanol–water partition coefficient (Wildman–Crippen LogP) is 5.19. The number of rotatable bonds is 8. The van der Waals surface area contributed by atoms with Gasteiger partial charge in [-0.25, -0.2) is 0 Å². The van der Waals surface area contributed by atoms with Crippen LogP contribution in [0.5, 0.6) is 11.5 Å². The molecule has 0 atom stereocenters. The van der Waals surface area contributed by atoms with Crippen LogP contribution >= 0.6 is 0 Å². The van der Waals surface area contributed by atoms with Gasteiger partial charge in [-0.15, -0.1) is 0 Å². The zero-order valence-corrected chi connectivity index (χ0v) is 18.1. The molecule has 0 bridgehead atoms. The van der Waals surface area contributed by atoms with Crippen LogP contribution in [0.15, 0.2) is 36.4 Å². The third-order valence-corrected chi connectivity index (χ3v) is 6.50. The van der Waals surface area contributed by atoms with Crippen molar-refractivity contribution in [3.05, 3.63) is 47.7 Å². The second-order valence-electron chi connectivity index (χ2n) is 8.36. The van der Waals surface area contributed by atoms with Crippen molar-refractivity contribution in [2.45, 2.75) is 25.7 Å². The Balaban J connectivity index is 1.38. The first-order valence-corrected chi connectivity index (χ1v) is 13.6. The van der Waals surface area contributed by atoms with E-state index in [2.05, 4.69) is 53.4 Å². The zero-order valence-electron chi connectivity index (χ0n) is 17.1. The minimum absolute atomic E-state index is 0.284. The fourth-order valence-electron chi connectivity index (χ4n) is 3.05. The van der Waals surface area contributed by atoms with E-state index in [0.717, 1.165) is 46.0 Å². The van der Waals surface area contributed by atoms with Crippen molar-refractivity contribution in [3.63, 3.8) is 0 Å². The van der Waals surface area contributed by atoms with Gasteiger partial charge in [0, 0.05) is 25.8 Å². The summed E-state index contributed by atoms with van der Waals surface area (Å²) < 4.78 is 16.5. The van der Waals surface area contributed by atoms with Gasteiger partial charge in [0.15, 0.2) is 11.5 Å². The molecule has 0 aliphatic carbocycles. The third kappa shape index (κ3) is 4.99. The molecule has 7 heteroatoms. The molecule has 1 aromatic heterocycles. The number of fused-ring (bicyclic) bond motifs is 2. The lowest BCUT2D eigenvalue weighted by Gasteiger charge is -2.15. The first kappa shape index (κ1) is 19.5. The molecule has 3 aromatic rings. The minimum Gasteiger partial charge on any atom is -0.454 e. The summed E-state index contributed by atoms with van der Waals surface area (Å²) >= 11 is 0. The largest absolute Gasteiger partial charge is 0.454 e. The van der Waals surface area contributed by atoms with E-state index in [-0.39, 0.29) is 6.79 Å². The first-order chi connectivity index (χ1) is 14.0. The van der Waals surface area contributed by atoms with Gasteiger partial charge in [0.05, 0.1) is 11.2 Å². The highest BCUT2D eigenvalue weighted by Crippen LogP contribution is 2.33. The number of benzene rings is 2. The van der Waals surface area contributed by atoms with Crippen molar-refractivity contribution in [1.29, 1.82) is 0 Å². The molecule has 2 heterocycles. The number of aromatic nitrogens is 2. The molecule has 1 aliphatic rings. The second kappa shape index (κ2) is 8.30. The third-order valence-electron chi connectivity index (χ3n) is 4.80. The Morgan fingerprint density at radius 1 is 1.10 bits per heavy atom. The van der Waals surface area contributed by atoms with Crippen LogP contribution in [0.2, 0.25) is 25.7 Å². The van der Waals surface area contributed by atoms with Crippen LogP contribution in [0.3, 0.4) is 0 Å². The minimum atomic E-state index is -1.04. The monoisotopic (exact) mass is 409 g/mol. The van der Waals surface area contributed by atoms with Crippen LogP contribution in [0.4, 0.5) is 5.69 Å². The molecule has 152 valence electrons. The van der Waals surface area contributed by atoms with Crippen LogP contribution in [-0.2, 0) is 4.74 Å². The number of H-pyrrole nitrogens is 1. The zero-order chi connectivity index (χ0) is 20.3. The van der Waals surface area contributed by atoms with Gasteiger partial charge < -0.3 is 19.5 Å². The van der Waals surface area contributed by atoms with Gasteiger partial charge in [0.25, 0.3) is 0 Å². The van der Waals surface area contributed by atoms with E-state index in [1.54, 1.807) is 0 Å². The van der Waals surface area contributed by atoms with Crippen LogP contribution in [0.25, 0.3) is 23.1 Å². The van der Waals surface area contributed by atoms with Crippen molar-refractivity contribution >= 4 is 36.8 Å². The van der Waals surface area contributed by atoms with E-state index < -0.39 is 8.07 Å². The van der Waals surface area contributed by atoms with E-state index in [1.807, 2.05) is 30.4 Å². The van der Waals surface area contributed by atoms with E-state index in [0.29, 0.717) is 6.73 Å². The molecule has 29 heavy (non-hydrogen) atoms. The maximum Gasteiger partial charge on any atom is 0.231 e. The average molecular weight is 410 g/mol. The van der Waals surface area contributed by atoms with Gasteiger partial charge in [-0.1, -0.05) is 31.8 Å². The fraction of sp³-hybridized carbons (Fsp3) is 0.318. The topological polar surface area (TPSA) is 68.4 Å². The Labute approximate surface area is 171 Å². The number of anilines is 1. The van der Waals surface area contributed by atoms with Crippen molar-refractivity contribution in [1.82, 2.24) is 10.2 Å². The summed E-state index contributed by atoms with van der Waals surface area (Å²) in [5.74, 6) is 1.57. The predicted molar refractivity (Wildman–Crippen MR) is 120 cm³/mol. The SMILES string of the molecule is C[Si](C)(C)CCOCNc1ccc2c(C=Cc3ccc4c(c3)OCO4)n[nH]c2c1. The number of nitrogens with zero attached hydrogens (tertiary/aromatic N) is 1. The molecule has 0 fully saturated rings. The molecule has 0 radical (unpaired) electrons. The Morgan fingerprint density at radius 3 is 2.83 bits per heavy atom. The molecule has 0 spiro atoms. The molecule has 6 nitrogen and oxygen atoms in total. The molecule has 4 rings (SSSR count). The van der Waals surface area contributed by atoms with Gasteiger partial charge in [-0.2, -0.15) is 5.10 Å². The highest BCUT2D eigenvalue weighted by Gasteiger charge is 2.13. The fourth-order valence-corrected chi connectivity index (χ4v) is 3.81. The summed E-state index contributed by atoms with van der Waals surface area (Å²) in [6.07, 6.45) is 4.03. The van der Waals surface area contributed by atoms with Gasteiger partial charge in [-0.05, 0) is 48.0 Å². The Morgan fingerprint density at radius 2 is 1.97 bits per heavy atom. The lowest BCUT2D eigenvalue weighted by Crippen LogP contribution is -2.22. The van der Waals surface area contributed by atoms with Crippen molar-refractivity contribution in [2.75, 3.05) is 25.4 Å². The Bertz CT molecular complexity index is 1020. The van der Waals surface area contributed by atoms with Crippen LogP contribution in [-0.4, -0.2) is 38.4 Å².